The second-order valence-corrected chi connectivity index (χ2v) is 6.34. The lowest BCUT2D eigenvalue weighted by Gasteiger charge is -2.23. The molecule has 1 atom stereocenters. The van der Waals surface area contributed by atoms with Crippen LogP contribution < -0.4 is 5.32 Å². The Hall–Kier alpha value is -2.37. The zero-order valence-corrected chi connectivity index (χ0v) is 14.6. The quantitative estimate of drug-likeness (QED) is 0.612. The molecular formula is C18H25NO5. The summed E-state index contributed by atoms with van der Waals surface area (Å²) >= 11 is 0. The fraction of sp³-hybridized carbons (Fsp3) is 0.500. The van der Waals surface area contributed by atoms with Crippen LogP contribution in [-0.4, -0.2) is 36.1 Å². The van der Waals surface area contributed by atoms with Crippen LogP contribution in [0, 0.1) is 0 Å². The van der Waals surface area contributed by atoms with Crippen LogP contribution in [0.15, 0.2) is 30.3 Å². The van der Waals surface area contributed by atoms with Gasteiger partial charge in [-0.3, -0.25) is 9.59 Å². The van der Waals surface area contributed by atoms with Gasteiger partial charge in [0, 0.05) is 0 Å². The van der Waals surface area contributed by atoms with Crippen LogP contribution in [-0.2, 0) is 25.5 Å². The van der Waals surface area contributed by atoms with E-state index in [0.717, 1.165) is 5.56 Å². The summed E-state index contributed by atoms with van der Waals surface area (Å²) in [4.78, 5) is 35.9. The maximum atomic E-state index is 12.4. The van der Waals surface area contributed by atoms with Crippen LogP contribution in [0.3, 0.4) is 0 Å². The number of Topliss-reactive ketones (excluding diaryl/α,β-unsaturated/α-hetero) is 1. The molecule has 0 spiro atoms. The molecule has 1 N–H and O–H groups in total. The summed E-state index contributed by atoms with van der Waals surface area (Å²) in [7, 11) is 0. The minimum absolute atomic E-state index is 0.203. The summed E-state index contributed by atoms with van der Waals surface area (Å²) in [5, 5.41) is 2.55. The van der Waals surface area contributed by atoms with Crippen molar-refractivity contribution in [1.82, 2.24) is 5.32 Å². The third kappa shape index (κ3) is 7.76. The van der Waals surface area contributed by atoms with Gasteiger partial charge in [0.25, 0.3) is 0 Å². The van der Waals surface area contributed by atoms with Crippen molar-refractivity contribution in [3.05, 3.63) is 35.9 Å². The van der Waals surface area contributed by atoms with Gasteiger partial charge >= 0.3 is 12.1 Å². The summed E-state index contributed by atoms with van der Waals surface area (Å²) in [6, 6.07) is 8.39. The second kappa shape index (κ2) is 9.05. The molecule has 6 nitrogen and oxygen atoms in total. The third-order valence-electron chi connectivity index (χ3n) is 2.99. The Morgan fingerprint density at radius 2 is 1.75 bits per heavy atom. The minimum Gasteiger partial charge on any atom is -0.466 e. The molecule has 1 aromatic carbocycles. The Morgan fingerprint density at radius 1 is 1.12 bits per heavy atom. The molecule has 0 unspecified atom stereocenters. The Bertz CT molecular complexity index is 563. The van der Waals surface area contributed by atoms with Crippen molar-refractivity contribution in [3.63, 3.8) is 0 Å². The highest BCUT2D eigenvalue weighted by Crippen LogP contribution is 2.10. The van der Waals surface area contributed by atoms with Gasteiger partial charge in [-0.15, -0.1) is 0 Å². The van der Waals surface area contributed by atoms with E-state index in [4.69, 9.17) is 9.47 Å². The molecule has 132 valence electrons. The molecular weight excluding hydrogens is 310 g/mol. The Labute approximate surface area is 142 Å². The predicted octanol–water partition coefficient (Wildman–Crippen LogP) is 2.64. The van der Waals surface area contributed by atoms with Gasteiger partial charge < -0.3 is 14.8 Å². The van der Waals surface area contributed by atoms with E-state index < -0.39 is 29.5 Å². The summed E-state index contributed by atoms with van der Waals surface area (Å²) in [5.74, 6) is -1.02. The van der Waals surface area contributed by atoms with Gasteiger partial charge in [0.2, 0.25) is 0 Å². The van der Waals surface area contributed by atoms with Crippen LogP contribution >= 0.6 is 0 Å². The summed E-state index contributed by atoms with van der Waals surface area (Å²) < 4.78 is 9.98. The number of carbonyl (C=O) groups excluding carboxylic acids is 3. The maximum absolute atomic E-state index is 12.4. The van der Waals surface area contributed by atoms with E-state index in [0.29, 0.717) is 0 Å². The Kier molecular flexibility index (Phi) is 7.42. The molecule has 0 fully saturated rings. The fourth-order valence-electron chi connectivity index (χ4n) is 2.02. The van der Waals surface area contributed by atoms with Crippen molar-refractivity contribution in [2.75, 3.05) is 6.61 Å². The number of ketones is 1. The first-order chi connectivity index (χ1) is 11.2. The van der Waals surface area contributed by atoms with E-state index >= 15 is 0 Å². The monoisotopic (exact) mass is 335 g/mol. The van der Waals surface area contributed by atoms with Gasteiger partial charge in [0.15, 0.2) is 5.78 Å². The standard InChI is InChI=1S/C18H25NO5/c1-5-23-16(21)12-15(20)14(11-13-9-7-6-8-10-13)19-17(22)24-18(2,3)4/h6-10,14H,5,11-12H2,1-4H3,(H,19,22)/t14-/m0/s1. The number of benzene rings is 1. The fourth-order valence-corrected chi connectivity index (χ4v) is 2.02. The average molecular weight is 335 g/mol. The summed E-state index contributed by atoms with van der Waals surface area (Å²) in [6.45, 7) is 7.08. The van der Waals surface area contributed by atoms with Crippen molar-refractivity contribution in [2.45, 2.75) is 52.2 Å². The van der Waals surface area contributed by atoms with Gasteiger partial charge in [-0.05, 0) is 39.7 Å². The van der Waals surface area contributed by atoms with Crippen LogP contribution in [0.4, 0.5) is 4.79 Å². The van der Waals surface area contributed by atoms with Gasteiger partial charge in [-0.25, -0.2) is 4.79 Å². The van der Waals surface area contributed by atoms with Gasteiger partial charge in [0.05, 0.1) is 12.6 Å². The third-order valence-corrected chi connectivity index (χ3v) is 2.99. The lowest BCUT2D eigenvalue weighted by Crippen LogP contribution is -2.45. The SMILES string of the molecule is CCOC(=O)CC(=O)[C@H](Cc1ccccc1)NC(=O)OC(C)(C)C. The number of amides is 1. The van der Waals surface area contributed by atoms with E-state index in [2.05, 4.69) is 5.32 Å². The van der Waals surface area contributed by atoms with Crippen molar-refractivity contribution < 1.29 is 23.9 Å². The van der Waals surface area contributed by atoms with Crippen LogP contribution in [0.5, 0.6) is 0 Å². The van der Waals surface area contributed by atoms with Gasteiger partial charge in [-0.2, -0.15) is 0 Å². The molecule has 0 aliphatic heterocycles. The molecule has 1 rings (SSSR count). The van der Waals surface area contributed by atoms with Gasteiger partial charge in [0.1, 0.15) is 12.0 Å². The topological polar surface area (TPSA) is 81.7 Å². The van der Waals surface area contributed by atoms with E-state index in [1.807, 2.05) is 30.3 Å². The number of carbonyl (C=O) groups is 3. The molecule has 1 aromatic rings. The number of ether oxygens (including phenoxy) is 2. The maximum Gasteiger partial charge on any atom is 0.408 e. The molecule has 0 heterocycles. The first kappa shape index (κ1) is 19.7. The van der Waals surface area contributed by atoms with E-state index in [1.165, 1.54) is 0 Å². The van der Waals surface area contributed by atoms with Crippen molar-refractivity contribution >= 4 is 17.8 Å². The number of rotatable bonds is 7. The normalized spacial score (nSPS) is 12.2. The van der Waals surface area contributed by atoms with E-state index in [1.54, 1.807) is 27.7 Å². The molecule has 0 aliphatic rings. The molecule has 6 heteroatoms. The van der Waals surface area contributed by atoms with E-state index in [-0.39, 0.29) is 19.4 Å². The van der Waals surface area contributed by atoms with Crippen LogP contribution in [0.1, 0.15) is 39.7 Å². The summed E-state index contributed by atoms with van der Waals surface area (Å²) in [6.07, 6.45) is -0.805. The lowest BCUT2D eigenvalue weighted by atomic mass is 10.0. The molecule has 0 saturated carbocycles. The highest BCUT2D eigenvalue weighted by Gasteiger charge is 2.26. The minimum atomic E-state index is -0.855. The first-order valence-corrected chi connectivity index (χ1v) is 7.93. The Balaban J connectivity index is 2.80. The van der Waals surface area contributed by atoms with Crippen LogP contribution in [0.2, 0.25) is 0 Å². The first-order valence-electron chi connectivity index (χ1n) is 7.93. The van der Waals surface area contributed by atoms with E-state index in [9.17, 15) is 14.4 Å². The highest BCUT2D eigenvalue weighted by atomic mass is 16.6. The zero-order valence-electron chi connectivity index (χ0n) is 14.6. The Morgan fingerprint density at radius 3 is 2.29 bits per heavy atom. The smallest absolute Gasteiger partial charge is 0.408 e. The lowest BCUT2D eigenvalue weighted by molar-refractivity contribution is -0.146. The molecule has 1 amide bonds. The number of nitrogens with one attached hydrogen (secondary N) is 1. The molecule has 0 aromatic heterocycles. The average Bonchev–Trinajstić information content (AvgIpc) is 2.45. The molecule has 24 heavy (non-hydrogen) atoms. The number of hydrogen-bond donors (Lipinski definition) is 1. The summed E-state index contributed by atoms with van der Waals surface area (Å²) in [5.41, 5.74) is 0.196. The van der Waals surface area contributed by atoms with Crippen molar-refractivity contribution in [3.8, 4) is 0 Å². The zero-order chi connectivity index (χ0) is 18.2. The van der Waals surface area contributed by atoms with Gasteiger partial charge in [-0.1, -0.05) is 30.3 Å². The second-order valence-electron chi connectivity index (χ2n) is 6.34. The molecule has 0 bridgehead atoms. The molecule has 0 radical (unpaired) electrons. The van der Waals surface area contributed by atoms with Crippen molar-refractivity contribution in [1.29, 1.82) is 0 Å². The number of hydrogen-bond acceptors (Lipinski definition) is 5. The highest BCUT2D eigenvalue weighted by molar-refractivity contribution is 5.99. The van der Waals surface area contributed by atoms with Crippen molar-refractivity contribution in [2.24, 2.45) is 0 Å². The molecule has 0 aliphatic carbocycles. The largest absolute Gasteiger partial charge is 0.466 e. The number of esters is 1. The molecule has 0 saturated heterocycles. The predicted molar refractivity (Wildman–Crippen MR) is 89.6 cm³/mol. The van der Waals surface area contributed by atoms with Crippen LogP contribution in [0.25, 0.3) is 0 Å². The number of alkyl carbamates (subject to hydrolysis) is 1.